The maximum Gasteiger partial charge on any atom is 0.146 e. The van der Waals surface area contributed by atoms with Gasteiger partial charge in [-0.15, -0.1) is 11.3 Å². The van der Waals surface area contributed by atoms with Gasteiger partial charge < -0.3 is 0 Å². The Labute approximate surface area is 271 Å². The summed E-state index contributed by atoms with van der Waals surface area (Å²) < 4.78 is 2.36. The molecular weight excluding hydrogens is 577 g/mol. The zero-order valence-electron chi connectivity index (χ0n) is 25.0. The van der Waals surface area contributed by atoms with Crippen molar-refractivity contribution in [2.24, 2.45) is 0 Å². The number of aromatic nitrogens is 2. The minimum absolute atomic E-state index is 0.976. The smallest absolute Gasteiger partial charge is 0.146 e. The lowest BCUT2D eigenvalue weighted by Gasteiger charge is -2.13. The zero-order valence-corrected chi connectivity index (χ0v) is 25.8. The number of fused-ring (bicyclic) bond motifs is 6. The molecule has 3 aromatic heterocycles. The fourth-order valence-electron chi connectivity index (χ4n) is 6.61. The van der Waals surface area contributed by atoms with Crippen molar-refractivity contribution in [2.45, 2.75) is 0 Å². The van der Waals surface area contributed by atoms with Crippen LogP contribution < -0.4 is 0 Å². The standard InChI is InChI=1S/C43H28N2S/c1-4-12-30(13-5-1)39-26-27-40(46-39)31-22-20-29(21-23-31)34-24-25-38-37(28-34)35-18-10-11-19-36(35)43-44-41(32-14-6-2-7-15-32)42(45(38)43)33-16-8-3-9-17-33/h1-28H. The van der Waals surface area contributed by atoms with Gasteiger partial charge in [0.25, 0.3) is 0 Å². The van der Waals surface area contributed by atoms with E-state index < -0.39 is 0 Å². The molecule has 0 unspecified atom stereocenters. The van der Waals surface area contributed by atoms with Crippen LogP contribution in [0.3, 0.4) is 0 Å². The van der Waals surface area contributed by atoms with Gasteiger partial charge in [0.05, 0.1) is 16.9 Å². The highest BCUT2D eigenvalue weighted by Crippen LogP contribution is 2.40. The highest BCUT2D eigenvalue weighted by Gasteiger charge is 2.20. The van der Waals surface area contributed by atoms with Crippen molar-refractivity contribution in [1.29, 1.82) is 0 Å². The van der Waals surface area contributed by atoms with Gasteiger partial charge in [-0.05, 0) is 51.9 Å². The number of thiophene rings is 1. The molecule has 0 saturated heterocycles. The van der Waals surface area contributed by atoms with Crippen molar-refractivity contribution in [3.63, 3.8) is 0 Å². The van der Waals surface area contributed by atoms with Gasteiger partial charge in [-0.2, -0.15) is 0 Å². The van der Waals surface area contributed by atoms with Crippen molar-refractivity contribution in [3.05, 3.63) is 170 Å². The molecule has 216 valence electrons. The van der Waals surface area contributed by atoms with Crippen LogP contribution in [0, 0.1) is 0 Å². The average molecular weight is 605 g/mol. The predicted molar refractivity (Wildman–Crippen MR) is 195 cm³/mol. The molecule has 0 fully saturated rings. The number of rotatable bonds is 5. The van der Waals surface area contributed by atoms with Gasteiger partial charge in [-0.1, -0.05) is 146 Å². The lowest BCUT2D eigenvalue weighted by atomic mass is 9.98. The molecular formula is C43H28N2S. The molecule has 46 heavy (non-hydrogen) atoms. The second kappa shape index (κ2) is 11.0. The molecule has 0 saturated carbocycles. The SMILES string of the molecule is c1ccc(-c2ccc(-c3ccc(-c4ccc5c(c4)c4ccccc4c4nc(-c6ccccc6)c(-c6ccccc6)n54)cc3)s2)cc1. The molecule has 9 rings (SSSR count). The summed E-state index contributed by atoms with van der Waals surface area (Å²) >= 11 is 1.84. The largest absolute Gasteiger partial charge is 0.291 e. The highest BCUT2D eigenvalue weighted by atomic mass is 32.1. The predicted octanol–water partition coefficient (Wildman–Crippen LogP) is 12.0. The summed E-state index contributed by atoms with van der Waals surface area (Å²) in [6.45, 7) is 0. The van der Waals surface area contributed by atoms with Crippen LogP contribution in [-0.4, -0.2) is 9.38 Å². The van der Waals surface area contributed by atoms with E-state index in [0.717, 1.165) is 39.1 Å². The van der Waals surface area contributed by atoms with E-state index in [-0.39, 0.29) is 0 Å². The Balaban J connectivity index is 1.21. The van der Waals surface area contributed by atoms with E-state index in [4.69, 9.17) is 4.98 Å². The molecule has 0 amide bonds. The third-order valence-corrected chi connectivity index (χ3v) is 10.0. The van der Waals surface area contributed by atoms with Gasteiger partial charge in [0, 0.05) is 31.7 Å². The Morgan fingerprint density at radius 1 is 0.391 bits per heavy atom. The van der Waals surface area contributed by atoms with E-state index in [2.05, 4.69) is 174 Å². The molecule has 0 aliphatic rings. The van der Waals surface area contributed by atoms with Gasteiger partial charge >= 0.3 is 0 Å². The molecule has 9 aromatic rings. The first kappa shape index (κ1) is 26.6. The molecule has 0 bridgehead atoms. The highest BCUT2D eigenvalue weighted by molar-refractivity contribution is 7.18. The lowest BCUT2D eigenvalue weighted by Crippen LogP contribution is -1.95. The summed E-state index contributed by atoms with van der Waals surface area (Å²) in [6, 6.07) is 60.8. The first-order valence-corrected chi connectivity index (χ1v) is 16.4. The summed E-state index contributed by atoms with van der Waals surface area (Å²) in [6.07, 6.45) is 0. The van der Waals surface area contributed by atoms with Crippen LogP contribution in [0.4, 0.5) is 0 Å². The molecule has 0 aliphatic heterocycles. The Morgan fingerprint density at radius 2 is 0.913 bits per heavy atom. The molecule has 0 spiro atoms. The second-order valence-corrected chi connectivity index (χ2v) is 12.7. The number of imidazole rings is 1. The Kier molecular flexibility index (Phi) is 6.36. The molecule has 0 N–H and O–H groups in total. The number of hydrogen-bond donors (Lipinski definition) is 0. The Morgan fingerprint density at radius 3 is 1.59 bits per heavy atom. The molecule has 6 aromatic carbocycles. The van der Waals surface area contributed by atoms with Crippen LogP contribution in [0.1, 0.15) is 0 Å². The van der Waals surface area contributed by atoms with E-state index in [0.29, 0.717) is 0 Å². The normalized spacial score (nSPS) is 11.5. The topological polar surface area (TPSA) is 17.3 Å². The third kappa shape index (κ3) is 4.44. The first-order chi connectivity index (χ1) is 22.8. The molecule has 3 heteroatoms. The lowest BCUT2D eigenvalue weighted by molar-refractivity contribution is 1.27. The fraction of sp³-hybridized carbons (Fsp3) is 0. The van der Waals surface area contributed by atoms with Gasteiger partial charge in [-0.25, -0.2) is 4.98 Å². The molecule has 0 aliphatic carbocycles. The number of nitrogens with zero attached hydrogens (tertiary/aromatic N) is 2. The van der Waals surface area contributed by atoms with Crippen LogP contribution in [-0.2, 0) is 0 Å². The zero-order chi connectivity index (χ0) is 30.5. The number of hydrogen-bond acceptors (Lipinski definition) is 2. The number of pyridine rings is 1. The molecule has 2 nitrogen and oxygen atoms in total. The Hall–Kier alpha value is -5.77. The fourth-order valence-corrected chi connectivity index (χ4v) is 7.63. The van der Waals surface area contributed by atoms with E-state index in [1.54, 1.807) is 0 Å². The van der Waals surface area contributed by atoms with Crippen LogP contribution in [0.25, 0.3) is 81.8 Å². The first-order valence-electron chi connectivity index (χ1n) is 15.6. The summed E-state index contributed by atoms with van der Waals surface area (Å²) in [5.74, 6) is 0. The van der Waals surface area contributed by atoms with Crippen LogP contribution in [0.15, 0.2) is 170 Å². The van der Waals surface area contributed by atoms with E-state index in [9.17, 15) is 0 Å². The van der Waals surface area contributed by atoms with Gasteiger partial charge in [0.15, 0.2) is 0 Å². The monoisotopic (exact) mass is 604 g/mol. The van der Waals surface area contributed by atoms with Gasteiger partial charge in [0.2, 0.25) is 0 Å². The van der Waals surface area contributed by atoms with Crippen molar-refractivity contribution in [1.82, 2.24) is 9.38 Å². The van der Waals surface area contributed by atoms with Crippen molar-refractivity contribution in [2.75, 3.05) is 0 Å². The maximum absolute atomic E-state index is 5.34. The van der Waals surface area contributed by atoms with Crippen LogP contribution in [0.5, 0.6) is 0 Å². The summed E-state index contributed by atoms with van der Waals surface area (Å²) in [5.41, 5.74) is 11.4. The van der Waals surface area contributed by atoms with Crippen molar-refractivity contribution < 1.29 is 0 Å². The van der Waals surface area contributed by atoms with Crippen molar-refractivity contribution in [3.8, 4) is 54.5 Å². The van der Waals surface area contributed by atoms with Gasteiger partial charge in [-0.3, -0.25) is 4.40 Å². The third-order valence-electron chi connectivity index (χ3n) is 8.83. The van der Waals surface area contributed by atoms with E-state index >= 15 is 0 Å². The molecule has 0 atom stereocenters. The minimum Gasteiger partial charge on any atom is -0.291 e. The number of benzene rings is 6. The molecule has 3 heterocycles. The van der Waals surface area contributed by atoms with Crippen molar-refractivity contribution >= 4 is 38.7 Å². The second-order valence-electron chi connectivity index (χ2n) is 11.6. The van der Waals surface area contributed by atoms with E-state index in [1.807, 2.05) is 11.3 Å². The average Bonchev–Trinajstić information content (AvgIpc) is 3.80. The Bertz CT molecular complexity index is 2490. The van der Waals surface area contributed by atoms with Gasteiger partial charge in [0.1, 0.15) is 5.65 Å². The van der Waals surface area contributed by atoms with Crippen LogP contribution >= 0.6 is 11.3 Å². The quantitative estimate of drug-likeness (QED) is 0.179. The summed E-state index contributed by atoms with van der Waals surface area (Å²) in [7, 11) is 0. The van der Waals surface area contributed by atoms with Crippen LogP contribution in [0.2, 0.25) is 0 Å². The molecule has 0 radical (unpaired) electrons. The maximum atomic E-state index is 5.34. The van der Waals surface area contributed by atoms with E-state index in [1.165, 1.54) is 42.8 Å². The summed E-state index contributed by atoms with van der Waals surface area (Å²) in [4.78, 5) is 7.91. The minimum atomic E-state index is 0.976. The summed E-state index contributed by atoms with van der Waals surface area (Å²) in [5, 5.41) is 3.57.